The Balaban J connectivity index is 1.75. The second kappa shape index (κ2) is 6.38. The van der Waals surface area contributed by atoms with Crippen molar-refractivity contribution >= 4 is 0 Å². The van der Waals surface area contributed by atoms with Crippen molar-refractivity contribution in [1.29, 1.82) is 0 Å². The zero-order valence-electron chi connectivity index (χ0n) is 13.3. The standard InChI is InChI=1S/C16H27N5/c1-20-7-8-21(2)12(11-20)9-16-18-10-13-14(17)5-3-4-6-15(13)19-16/h10,12,14H,3-9,11,17H2,1-2H3. The Bertz CT molecular complexity index is 490. The minimum absolute atomic E-state index is 0.125. The smallest absolute Gasteiger partial charge is 0.130 e. The summed E-state index contributed by atoms with van der Waals surface area (Å²) in [6.07, 6.45) is 7.43. The molecule has 2 heterocycles. The van der Waals surface area contributed by atoms with Crippen molar-refractivity contribution in [3.05, 3.63) is 23.3 Å². The first-order valence-electron chi connectivity index (χ1n) is 8.12. The Morgan fingerprint density at radius 1 is 1.29 bits per heavy atom. The molecule has 0 spiro atoms. The number of nitrogens with two attached hydrogens (primary N) is 1. The van der Waals surface area contributed by atoms with Gasteiger partial charge in [0.15, 0.2) is 0 Å². The van der Waals surface area contributed by atoms with E-state index in [0.29, 0.717) is 6.04 Å². The fourth-order valence-electron chi connectivity index (χ4n) is 3.42. The van der Waals surface area contributed by atoms with Crippen LogP contribution in [0.2, 0.25) is 0 Å². The van der Waals surface area contributed by atoms with E-state index in [9.17, 15) is 0 Å². The molecule has 5 nitrogen and oxygen atoms in total. The van der Waals surface area contributed by atoms with Gasteiger partial charge in [0.1, 0.15) is 5.82 Å². The van der Waals surface area contributed by atoms with Gasteiger partial charge in [0.2, 0.25) is 0 Å². The van der Waals surface area contributed by atoms with Crippen LogP contribution in [0.3, 0.4) is 0 Å². The maximum atomic E-state index is 6.23. The number of aryl methyl sites for hydroxylation is 1. The summed E-state index contributed by atoms with van der Waals surface area (Å²) in [6.45, 7) is 3.36. The van der Waals surface area contributed by atoms with Gasteiger partial charge in [-0.15, -0.1) is 0 Å². The highest BCUT2D eigenvalue weighted by molar-refractivity contribution is 5.23. The largest absolute Gasteiger partial charge is 0.324 e. The van der Waals surface area contributed by atoms with Crippen LogP contribution in [0.1, 0.15) is 42.4 Å². The number of hydrogen-bond donors (Lipinski definition) is 1. The highest BCUT2D eigenvalue weighted by Crippen LogP contribution is 2.25. The Morgan fingerprint density at radius 3 is 3.00 bits per heavy atom. The lowest BCUT2D eigenvalue weighted by Crippen LogP contribution is -2.51. The molecule has 1 saturated heterocycles. The van der Waals surface area contributed by atoms with Crippen molar-refractivity contribution in [2.75, 3.05) is 33.7 Å². The van der Waals surface area contributed by atoms with Gasteiger partial charge in [-0.25, -0.2) is 9.97 Å². The van der Waals surface area contributed by atoms with Gasteiger partial charge in [-0.2, -0.15) is 0 Å². The zero-order chi connectivity index (χ0) is 14.8. The monoisotopic (exact) mass is 289 g/mol. The third kappa shape index (κ3) is 3.42. The van der Waals surface area contributed by atoms with Crippen molar-refractivity contribution in [3.63, 3.8) is 0 Å². The molecular formula is C16H27N5. The van der Waals surface area contributed by atoms with Gasteiger partial charge in [0.05, 0.1) is 0 Å². The van der Waals surface area contributed by atoms with E-state index < -0.39 is 0 Å². The number of aromatic nitrogens is 2. The first kappa shape index (κ1) is 14.9. The summed E-state index contributed by atoms with van der Waals surface area (Å²) in [6, 6.07) is 0.640. The van der Waals surface area contributed by atoms with Crippen LogP contribution < -0.4 is 5.73 Å². The molecule has 0 radical (unpaired) electrons. The van der Waals surface area contributed by atoms with Gasteiger partial charge < -0.3 is 15.5 Å². The number of rotatable bonds is 2. The minimum Gasteiger partial charge on any atom is -0.324 e. The van der Waals surface area contributed by atoms with E-state index in [-0.39, 0.29) is 6.04 Å². The first-order valence-corrected chi connectivity index (χ1v) is 8.12. The lowest BCUT2D eigenvalue weighted by atomic mass is 10.1. The van der Waals surface area contributed by atoms with Crippen molar-refractivity contribution in [3.8, 4) is 0 Å². The average molecular weight is 289 g/mol. The molecule has 1 aromatic heterocycles. The summed E-state index contributed by atoms with van der Waals surface area (Å²) in [5.41, 5.74) is 8.59. The van der Waals surface area contributed by atoms with E-state index >= 15 is 0 Å². The molecule has 0 amide bonds. The maximum absolute atomic E-state index is 6.23. The lowest BCUT2D eigenvalue weighted by molar-refractivity contribution is 0.113. The number of piperazine rings is 1. The highest BCUT2D eigenvalue weighted by atomic mass is 15.3. The molecule has 1 aliphatic carbocycles. The van der Waals surface area contributed by atoms with Crippen LogP contribution in [0.4, 0.5) is 0 Å². The third-order valence-electron chi connectivity index (χ3n) is 4.93. The first-order chi connectivity index (χ1) is 10.1. The quantitative estimate of drug-likeness (QED) is 0.823. The van der Waals surface area contributed by atoms with Crippen LogP contribution >= 0.6 is 0 Å². The van der Waals surface area contributed by atoms with Crippen molar-refractivity contribution in [2.45, 2.75) is 44.2 Å². The fraction of sp³-hybridized carbons (Fsp3) is 0.750. The maximum Gasteiger partial charge on any atom is 0.130 e. The predicted molar refractivity (Wildman–Crippen MR) is 84.1 cm³/mol. The SMILES string of the molecule is CN1CCN(C)C(Cc2ncc3c(n2)CCCCC3N)C1. The predicted octanol–water partition coefficient (Wildman–Crippen LogP) is 0.991. The number of hydrogen-bond acceptors (Lipinski definition) is 5. The molecule has 3 rings (SSSR count). The molecule has 0 saturated carbocycles. The minimum atomic E-state index is 0.125. The van der Waals surface area contributed by atoms with Gasteiger partial charge in [-0.1, -0.05) is 6.42 Å². The fourth-order valence-corrected chi connectivity index (χ4v) is 3.42. The summed E-state index contributed by atoms with van der Waals surface area (Å²) >= 11 is 0. The molecule has 116 valence electrons. The summed E-state index contributed by atoms with van der Waals surface area (Å²) < 4.78 is 0. The van der Waals surface area contributed by atoms with Gasteiger partial charge in [-0.3, -0.25) is 0 Å². The average Bonchev–Trinajstić information content (AvgIpc) is 2.65. The molecule has 21 heavy (non-hydrogen) atoms. The normalized spacial score (nSPS) is 28.1. The van der Waals surface area contributed by atoms with Gasteiger partial charge in [0.25, 0.3) is 0 Å². The summed E-state index contributed by atoms with van der Waals surface area (Å²) in [5, 5.41) is 0. The second-order valence-corrected chi connectivity index (χ2v) is 6.64. The molecule has 2 atom stereocenters. The van der Waals surface area contributed by atoms with Gasteiger partial charge in [-0.05, 0) is 33.4 Å². The topological polar surface area (TPSA) is 58.3 Å². The molecule has 0 bridgehead atoms. The van der Waals surface area contributed by atoms with Crippen LogP contribution in [0.25, 0.3) is 0 Å². The van der Waals surface area contributed by atoms with Gasteiger partial charge >= 0.3 is 0 Å². The Kier molecular flexibility index (Phi) is 4.52. The van der Waals surface area contributed by atoms with Gasteiger partial charge in [0, 0.05) is 55.6 Å². The van der Waals surface area contributed by atoms with Crippen molar-refractivity contribution in [1.82, 2.24) is 19.8 Å². The zero-order valence-corrected chi connectivity index (χ0v) is 13.3. The summed E-state index contributed by atoms with van der Waals surface area (Å²) in [4.78, 5) is 14.3. The van der Waals surface area contributed by atoms with E-state index in [2.05, 4.69) is 28.9 Å². The number of nitrogens with zero attached hydrogens (tertiary/aromatic N) is 4. The van der Waals surface area contributed by atoms with Crippen LogP contribution in [0.15, 0.2) is 6.20 Å². The summed E-state index contributed by atoms with van der Waals surface area (Å²) in [7, 11) is 4.40. The Labute approximate surface area is 127 Å². The van der Waals surface area contributed by atoms with Crippen LogP contribution in [0.5, 0.6) is 0 Å². The Hall–Kier alpha value is -1.04. The van der Waals surface area contributed by atoms with E-state index in [1.54, 1.807) is 0 Å². The van der Waals surface area contributed by atoms with E-state index in [0.717, 1.165) is 44.7 Å². The van der Waals surface area contributed by atoms with Crippen LogP contribution in [0, 0.1) is 0 Å². The van der Waals surface area contributed by atoms with Crippen LogP contribution in [-0.2, 0) is 12.8 Å². The molecule has 0 aromatic carbocycles. The number of fused-ring (bicyclic) bond motifs is 1. The molecule has 2 unspecified atom stereocenters. The molecule has 1 aliphatic heterocycles. The Morgan fingerprint density at radius 2 is 2.14 bits per heavy atom. The molecule has 2 N–H and O–H groups in total. The van der Waals surface area contributed by atoms with E-state index in [1.807, 2.05) is 6.20 Å². The van der Waals surface area contributed by atoms with E-state index in [4.69, 9.17) is 10.7 Å². The molecule has 1 fully saturated rings. The molecular weight excluding hydrogens is 262 g/mol. The summed E-state index contributed by atoms with van der Waals surface area (Å²) in [5.74, 6) is 0.981. The third-order valence-corrected chi connectivity index (χ3v) is 4.93. The number of likely N-dealkylation sites (N-methyl/N-ethyl adjacent to an activating group) is 2. The van der Waals surface area contributed by atoms with Crippen molar-refractivity contribution < 1.29 is 0 Å². The van der Waals surface area contributed by atoms with E-state index in [1.165, 1.54) is 24.1 Å². The molecule has 2 aliphatic rings. The molecule has 1 aromatic rings. The van der Waals surface area contributed by atoms with Crippen molar-refractivity contribution in [2.24, 2.45) is 5.73 Å². The molecule has 5 heteroatoms. The second-order valence-electron chi connectivity index (χ2n) is 6.64. The lowest BCUT2D eigenvalue weighted by Gasteiger charge is -2.37. The highest BCUT2D eigenvalue weighted by Gasteiger charge is 2.24. The van der Waals surface area contributed by atoms with Crippen LogP contribution in [-0.4, -0.2) is 59.5 Å².